The first-order valence-electron chi connectivity index (χ1n) is 5.10. The fraction of sp³-hybridized carbons (Fsp3) is 0.417. The van der Waals surface area contributed by atoms with Gasteiger partial charge in [0.1, 0.15) is 4.32 Å². The SMILES string of the molecule is COC(=O)C(C)(Br)Cc1cccc(C(F)(F)F)c1. The number of ether oxygens (including phenoxy) is 1. The maximum Gasteiger partial charge on any atom is 0.416 e. The van der Waals surface area contributed by atoms with Crippen LogP contribution in [0, 0.1) is 0 Å². The molecule has 0 radical (unpaired) electrons. The molecule has 2 nitrogen and oxygen atoms in total. The van der Waals surface area contributed by atoms with E-state index in [0.29, 0.717) is 5.56 Å². The molecule has 0 aliphatic heterocycles. The third-order valence-corrected chi connectivity index (χ3v) is 3.01. The average molecular weight is 325 g/mol. The van der Waals surface area contributed by atoms with Crippen LogP contribution in [0.25, 0.3) is 0 Å². The minimum atomic E-state index is -4.38. The molecule has 1 rings (SSSR count). The Balaban J connectivity index is 2.96. The molecule has 0 saturated carbocycles. The van der Waals surface area contributed by atoms with Gasteiger partial charge in [0.25, 0.3) is 0 Å². The predicted octanol–water partition coefficient (Wildman–Crippen LogP) is 3.57. The summed E-state index contributed by atoms with van der Waals surface area (Å²) >= 11 is 3.16. The summed E-state index contributed by atoms with van der Waals surface area (Å²) in [5.74, 6) is -0.528. The third-order valence-electron chi connectivity index (χ3n) is 2.40. The van der Waals surface area contributed by atoms with E-state index in [1.165, 1.54) is 19.2 Å². The number of alkyl halides is 4. The van der Waals surface area contributed by atoms with E-state index in [0.717, 1.165) is 12.1 Å². The van der Waals surface area contributed by atoms with E-state index in [1.54, 1.807) is 6.92 Å². The van der Waals surface area contributed by atoms with Gasteiger partial charge in [0, 0.05) is 0 Å². The molecule has 1 aromatic carbocycles. The first-order valence-corrected chi connectivity index (χ1v) is 5.89. The highest BCUT2D eigenvalue weighted by atomic mass is 79.9. The van der Waals surface area contributed by atoms with E-state index < -0.39 is 22.0 Å². The van der Waals surface area contributed by atoms with Crippen LogP contribution in [-0.2, 0) is 22.1 Å². The van der Waals surface area contributed by atoms with Crippen LogP contribution >= 0.6 is 15.9 Å². The molecule has 18 heavy (non-hydrogen) atoms. The summed E-state index contributed by atoms with van der Waals surface area (Å²) in [5, 5.41) is 0. The summed E-state index contributed by atoms with van der Waals surface area (Å²) in [6.07, 6.45) is -4.27. The Morgan fingerprint density at radius 2 is 2.00 bits per heavy atom. The Morgan fingerprint density at radius 1 is 1.39 bits per heavy atom. The van der Waals surface area contributed by atoms with E-state index in [9.17, 15) is 18.0 Å². The maximum absolute atomic E-state index is 12.5. The number of hydrogen-bond donors (Lipinski definition) is 0. The number of halogens is 4. The molecule has 6 heteroatoms. The molecule has 0 spiro atoms. The molecule has 0 amide bonds. The summed E-state index contributed by atoms with van der Waals surface area (Å²) in [7, 11) is 1.23. The van der Waals surface area contributed by atoms with Crippen LogP contribution < -0.4 is 0 Å². The van der Waals surface area contributed by atoms with Crippen LogP contribution in [0.1, 0.15) is 18.1 Å². The Hall–Kier alpha value is -1.04. The van der Waals surface area contributed by atoms with Crippen LogP contribution in [0.5, 0.6) is 0 Å². The second kappa shape index (κ2) is 5.30. The number of hydrogen-bond acceptors (Lipinski definition) is 2. The van der Waals surface area contributed by atoms with Gasteiger partial charge >= 0.3 is 12.1 Å². The van der Waals surface area contributed by atoms with Gasteiger partial charge in [-0.1, -0.05) is 34.1 Å². The second-order valence-corrected chi connectivity index (χ2v) is 5.81. The molecule has 0 saturated heterocycles. The molecule has 0 bridgehead atoms. The molecule has 1 unspecified atom stereocenters. The predicted molar refractivity (Wildman–Crippen MR) is 64.5 cm³/mol. The van der Waals surface area contributed by atoms with E-state index in [2.05, 4.69) is 20.7 Å². The molecular weight excluding hydrogens is 313 g/mol. The molecule has 0 aliphatic rings. The van der Waals surface area contributed by atoms with Crippen molar-refractivity contribution in [2.24, 2.45) is 0 Å². The lowest BCUT2D eigenvalue weighted by Gasteiger charge is -2.20. The summed E-state index contributed by atoms with van der Waals surface area (Å²) in [6.45, 7) is 1.55. The molecule has 0 N–H and O–H groups in total. The van der Waals surface area contributed by atoms with Gasteiger partial charge in [0.2, 0.25) is 0 Å². The normalized spacial score (nSPS) is 15.0. The van der Waals surface area contributed by atoms with Crippen LogP contribution in [-0.4, -0.2) is 17.4 Å². The lowest BCUT2D eigenvalue weighted by molar-refractivity contribution is -0.142. The van der Waals surface area contributed by atoms with E-state index in [-0.39, 0.29) is 6.42 Å². The number of carbonyl (C=O) groups excluding carboxylic acids is 1. The summed E-state index contributed by atoms with van der Waals surface area (Å²) in [5.41, 5.74) is -0.317. The highest BCUT2D eigenvalue weighted by Crippen LogP contribution is 2.31. The van der Waals surface area contributed by atoms with Crippen molar-refractivity contribution < 1.29 is 22.7 Å². The number of rotatable bonds is 3. The van der Waals surface area contributed by atoms with Gasteiger partial charge in [-0.15, -0.1) is 0 Å². The maximum atomic E-state index is 12.5. The Kier molecular flexibility index (Phi) is 4.42. The van der Waals surface area contributed by atoms with Crippen molar-refractivity contribution in [3.05, 3.63) is 35.4 Å². The van der Waals surface area contributed by atoms with Crippen molar-refractivity contribution in [3.8, 4) is 0 Å². The van der Waals surface area contributed by atoms with Gasteiger partial charge in [0.05, 0.1) is 12.7 Å². The van der Waals surface area contributed by atoms with Gasteiger partial charge in [-0.2, -0.15) is 13.2 Å². The van der Waals surface area contributed by atoms with Crippen molar-refractivity contribution in [1.82, 2.24) is 0 Å². The zero-order valence-corrected chi connectivity index (χ0v) is 11.4. The van der Waals surface area contributed by atoms with Gasteiger partial charge in [-0.25, -0.2) is 0 Å². The van der Waals surface area contributed by atoms with Crippen molar-refractivity contribution in [2.45, 2.75) is 23.8 Å². The molecule has 1 aromatic rings. The summed E-state index contributed by atoms with van der Waals surface area (Å²) in [4.78, 5) is 11.4. The van der Waals surface area contributed by atoms with Gasteiger partial charge < -0.3 is 4.74 Å². The van der Waals surface area contributed by atoms with Crippen molar-refractivity contribution in [2.75, 3.05) is 7.11 Å². The molecular formula is C12H12BrF3O2. The Morgan fingerprint density at radius 3 is 2.50 bits per heavy atom. The summed E-state index contributed by atoms with van der Waals surface area (Å²) < 4.78 is 41.1. The Bertz CT molecular complexity index is 441. The highest BCUT2D eigenvalue weighted by Gasteiger charge is 2.33. The van der Waals surface area contributed by atoms with E-state index >= 15 is 0 Å². The molecule has 100 valence electrons. The van der Waals surface area contributed by atoms with Crippen LogP contribution in [0.3, 0.4) is 0 Å². The van der Waals surface area contributed by atoms with Crippen LogP contribution in [0.15, 0.2) is 24.3 Å². The van der Waals surface area contributed by atoms with Crippen molar-refractivity contribution >= 4 is 21.9 Å². The summed E-state index contributed by atoms with van der Waals surface area (Å²) in [6, 6.07) is 4.88. The number of methoxy groups -OCH3 is 1. The fourth-order valence-electron chi connectivity index (χ4n) is 1.53. The van der Waals surface area contributed by atoms with Crippen molar-refractivity contribution in [3.63, 3.8) is 0 Å². The smallest absolute Gasteiger partial charge is 0.416 e. The van der Waals surface area contributed by atoms with Crippen molar-refractivity contribution in [1.29, 1.82) is 0 Å². The molecule has 0 aliphatic carbocycles. The number of benzene rings is 1. The molecule has 0 heterocycles. The molecule has 0 aromatic heterocycles. The van der Waals surface area contributed by atoms with Gasteiger partial charge in [0.15, 0.2) is 0 Å². The first-order chi connectivity index (χ1) is 8.16. The molecule has 1 atom stereocenters. The zero-order chi connectivity index (χ0) is 14.0. The third kappa shape index (κ3) is 3.73. The zero-order valence-electron chi connectivity index (χ0n) is 9.84. The highest BCUT2D eigenvalue weighted by molar-refractivity contribution is 9.10. The molecule has 0 fully saturated rings. The lowest BCUT2D eigenvalue weighted by Crippen LogP contribution is -2.32. The fourth-order valence-corrected chi connectivity index (χ4v) is 2.01. The largest absolute Gasteiger partial charge is 0.468 e. The number of carbonyl (C=O) groups is 1. The average Bonchev–Trinajstić information content (AvgIpc) is 2.26. The van der Waals surface area contributed by atoms with Crippen LogP contribution in [0.2, 0.25) is 0 Å². The van der Waals surface area contributed by atoms with Gasteiger partial charge in [-0.3, -0.25) is 4.79 Å². The number of esters is 1. The Labute approximate surface area is 111 Å². The monoisotopic (exact) mass is 324 g/mol. The quantitative estimate of drug-likeness (QED) is 0.627. The topological polar surface area (TPSA) is 26.3 Å². The minimum absolute atomic E-state index is 0.115. The second-order valence-electron chi connectivity index (χ2n) is 4.06. The van der Waals surface area contributed by atoms with E-state index in [4.69, 9.17) is 0 Å². The first kappa shape index (κ1) is 15.0. The lowest BCUT2D eigenvalue weighted by atomic mass is 9.99. The standard InChI is InChI=1S/C12H12BrF3O2/c1-11(13,10(17)18-2)7-8-4-3-5-9(6-8)12(14,15)16/h3-6H,7H2,1-2H3. The minimum Gasteiger partial charge on any atom is -0.468 e. The van der Waals surface area contributed by atoms with Crippen LogP contribution in [0.4, 0.5) is 13.2 Å². The van der Waals surface area contributed by atoms with E-state index in [1.807, 2.05) is 0 Å². The van der Waals surface area contributed by atoms with Gasteiger partial charge in [-0.05, 0) is 25.0 Å².